The van der Waals surface area contributed by atoms with Crippen LogP contribution in [0.3, 0.4) is 0 Å². The van der Waals surface area contributed by atoms with Crippen molar-refractivity contribution >= 4 is 6.72 Å². The van der Waals surface area contributed by atoms with E-state index in [-0.39, 0.29) is 0 Å². The van der Waals surface area contributed by atoms with Crippen LogP contribution in [0.5, 0.6) is 0 Å². The topological polar surface area (TPSA) is 18.8 Å². The van der Waals surface area contributed by atoms with Gasteiger partial charge in [-0.25, -0.2) is 0 Å². The molecule has 1 saturated heterocycles. The van der Waals surface area contributed by atoms with E-state index in [0.29, 0.717) is 0 Å². The quantitative estimate of drug-likeness (QED) is 0.471. The van der Waals surface area contributed by atoms with Gasteiger partial charge in [0.1, 0.15) is 0 Å². The second-order valence-corrected chi connectivity index (χ2v) is 3.68. The Hall–Kier alpha value is -0.830. The predicted octanol–water partition coefficient (Wildman–Crippen LogP) is 1.39. The molecule has 13 heavy (non-hydrogen) atoms. The van der Waals surface area contributed by atoms with Crippen molar-refractivity contribution in [1.82, 2.24) is 9.91 Å². The molecule has 1 atom stereocenters. The highest BCUT2D eigenvalue weighted by molar-refractivity contribution is 5.22. The first-order chi connectivity index (χ1) is 6.26. The monoisotopic (exact) mass is 181 g/mol. The molecule has 0 unspecified atom stereocenters. The van der Waals surface area contributed by atoms with Gasteiger partial charge in [-0.1, -0.05) is 13.5 Å². The molecule has 0 N–H and O–H groups in total. The molecule has 3 nitrogen and oxygen atoms in total. The van der Waals surface area contributed by atoms with Crippen LogP contribution >= 0.6 is 0 Å². The summed E-state index contributed by atoms with van der Waals surface area (Å²) in [4.78, 5) is 2.46. The van der Waals surface area contributed by atoms with E-state index in [2.05, 4.69) is 30.2 Å². The third kappa shape index (κ3) is 3.19. The highest BCUT2D eigenvalue weighted by Gasteiger charge is 2.17. The Morgan fingerprint density at radius 2 is 2.46 bits per heavy atom. The highest BCUT2D eigenvalue weighted by atomic mass is 15.4. The fourth-order valence-corrected chi connectivity index (χ4v) is 1.69. The van der Waals surface area contributed by atoms with Gasteiger partial charge in [0.05, 0.1) is 6.54 Å². The van der Waals surface area contributed by atoms with Gasteiger partial charge in [0.15, 0.2) is 0 Å². The van der Waals surface area contributed by atoms with E-state index in [4.69, 9.17) is 0 Å². The molecule has 0 aromatic heterocycles. The SMILES string of the molecule is C=CN(CCN1CC[C@@H](C)C1)N=C. The number of hydrogen-bond acceptors (Lipinski definition) is 3. The van der Waals surface area contributed by atoms with Crippen molar-refractivity contribution in [2.24, 2.45) is 11.0 Å². The summed E-state index contributed by atoms with van der Waals surface area (Å²) in [5, 5.41) is 5.61. The zero-order chi connectivity index (χ0) is 9.68. The number of rotatable bonds is 5. The van der Waals surface area contributed by atoms with Crippen molar-refractivity contribution in [2.45, 2.75) is 13.3 Å². The van der Waals surface area contributed by atoms with Crippen LogP contribution in [0.4, 0.5) is 0 Å². The van der Waals surface area contributed by atoms with E-state index in [1.165, 1.54) is 19.5 Å². The first-order valence-electron chi connectivity index (χ1n) is 4.84. The third-order valence-corrected chi connectivity index (χ3v) is 2.55. The minimum absolute atomic E-state index is 0.855. The van der Waals surface area contributed by atoms with E-state index < -0.39 is 0 Å². The molecule has 0 amide bonds. The normalized spacial score (nSPS) is 23.0. The molecule has 0 radical (unpaired) electrons. The average Bonchev–Trinajstić information content (AvgIpc) is 2.53. The van der Waals surface area contributed by atoms with Gasteiger partial charge in [0.2, 0.25) is 0 Å². The molecule has 0 bridgehead atoms. The van der Waals surface area contributed by atoms with Gasteiger partial charge < -0.3 is 4.90 Å². The Balaban J connectivity index is 2.18. The highest BCUT2D eigenvalue weighted by Crippen LogP contribution is 2.14. The maximum atomic E-state index is 3.83. The molecule has 0 aromatic carbocycles. The van der Waals surface area contributed by atoms with Crippen molar-refractivity contribution in [3.63, 3.8) is 0 Å². The third-order valence-electron chi connectivity index (χ3n) is 2.55. The van der Waals surface area contributed by atoms with Crippen LogP contribution in [0.15, 0.2) is 17.9 Å². The Morgan fingerprint density at radius 1 is 1.69 bits per heavy atom. The van der Waals surface area contributed by atoms with Crippen molar-refractivity contribution < 1.29 is 0 Å². The number of hydrogen-bond donors (Lipinski definition) is 0. The second-order valence-electron chi connectivity index (χ2n) is 3.68. The smallest absolute Gasteiger partial charge is 0.0535 e. The first kappa shape index (κ1) is 10.3. The standard InChI is InChI=1S/C10H19N3/c1-4-13(11-3)8-7-12-6-5-10(2)9-12/h4,10H,1,3,5-9H2,2H3/t10-/m1/s1. The number of hydrazone groups is 1. The van der Waals surface area contributed by atoms with Crippen LogP contribution in [0.2, 0.25) is 0 Å². The molecular weight excluding hydrogens is 162 g/mol. The molecule has 0 aromatic rings. The summed E-state index contributed by atoms with van der Waals surface area (Å²) in [7, 11) is 0. The van der Waals surface area contributed by atoms with Crippen molar-refractivity contribution in [1.29, 1.82) is 0 Å². The van der Waals surface area contributed by atoms with E-state index >= 15 is 0 Å². The Morgan fingerprint density at radius 3 is 2.92 bits per heavy atom. The zero-order valence-electron chi connectivity index (χ0n) is 8.45. The lowest BCUT2D eigenvalue weighted by Crippen LogP contribution is -2.28. The lowest BCUT2D eigenvalue weighted by Gasteiger charge is -2.19. The lowest BCUT2D eigenvalue weighted by molar-refractivity contribution is 0.276. The lowest BCUT2D eigenvalue weighted by atomic mass is 10.2. The summed E-state index contributed by atoms with van der Waals surface area (Å²) in [5.41, 5.74) is 0. The minimum Gasteiger partial charge on any atom is -0.301 e. The fraction of sp³-hybridized carbons (Fsp3) is 0.700. The van der Waals surface area contributed by atoms with Crippen LogP contribution in [-0.2, 0) is 0 Å². The van der Waals surface area contributed by atoms with Crippen LogP contribution in [0.1, 0.15) is 13.3 Å². The van der Waals surface area contributed by atoms with Crippen LogP contribution in [0.25, 0.3) is 0 Å². The Bertz CT molecular complexity index is 171. The van der Waals surface area contributed by atoms with E-state index in [1.807, 2.05) is 0 Å². The van der Waals surface area contributed by atoms with Crippen LogP contribution < -0.4 is 0 Å². The molecule has 1 heterocycles. The summed E-state index contributed by atoms with van der Waals surface area (Å²) >= 11 is 0. The number of nitrogens with zero attached hydrogens (tertiary/aromatic N) is 3. The number of likely N-dealkylation sites (tertiary alicyclic amines) is 1. The summed E-state index contributed by atoms with van der Waals surface area (Å²) < 4.78 is 0. The maximum Gasteiger partial charge on any atom is 0.0535 e. The largest absolute Gasteiger partial charge is 0.301 e. The molecule has 74 valence electrons. The maximum absolute atomic E-state index is 3.83. The Labute approximate surface area is 80.7 Å². The van der Waals surface area contributed by atoms with E-state index in [1.54, 1.807) is 11.2 Å². The van der Waals surface area contributed by atoms with Gasteiger partial charge in [0, 0.05) is 26.0 Å². The molecular formula is C10H19N3. The van der Waals surface area contributed by atoms with Gasteiger partial charge in [-0.2, -0.15) is 5.10 Å². The first-order valence-corrected chi connectivity index (χ1v) is 4.84. The van der Waals surface area contributed by atoms with Crippen molar-refractivity contribution in [2.75, 3.05) is 26.2 Å². The second kappa shape index (κ2) is 5.02. The Kier molecular flexibility index (Phi) is 3.96. The van der Waals surface area contributed by atoms with Gasteiger partial charge in [-0.3, -0.25) is 5.01 Å². The fourth-order valence-electron chi connectivity index (χ4n) is 1.69. The van der Waals surface area contributed by atoms with Crippen molar-refractivity contribution in [3.8, 4) is 0 Å². The molecule has 1 fully saturated rings. The van der Waals surface area contributed by atoms with Gasteiger partial charge in [-0.05, 0) is 18.9 Å². The average molecular weight is 181 g/mol. The van der Waals surface area contributed by atoms with Crippen LogP contribution in [-0.4, -0.2) is 42.8 Å². The molecule has 0 spiro atoms. The molecule has 1 aliphatic rings. The zero-order valence-corrected chi connectivity index (χ0v) is 8.45. The van der Waals surface area contributed by atoms with Gasteiger partial charge in [0.25, 0.3) is 0 Å². The van der Waals surface area contributed by atoms with Gasteiger partial charge >= 0.3 is 0 Å². The molecule has 1 rings (SSSR count). The van der Waals surface area contributed by atoms with E-state index in [0.717, 1.165) is 19.0 Å². The molecule has 1 aliphatic heterocycles. The molecule has 0 saturated carbocycles. The summed E-state index contributed by atoms with van der Waals surface area (Å²) in [6.07, 6.45) is 3.04. The summed E-state index contributed by atoms with van der Waals surface area (Å²) in [6.45, 7) is 13.9. The minimum atomic E-state index is 0.855. The van der Waals surface area contributed by atoms with Crippen LogP contribution in [0, 0.1) is 5.92 Å². The van der Waals surface area contributed by atoms with Crippen molar-refractivity contribution in [3.05, 3.63) is 12.8 Å². The summed E-state index contributed by atoms with van der Waals surface area (Å²) in [5.74, 6) is 0.855. The summed E-state index contributed by atoms with van der Waals surface area (Å²) in [6, 6.07) is 0. The van der Waals surface area contributed by atoms with Gasteiger partial charge in [-0.15, -0.1) is 0 Å². The van der Waals surface area contributed by atoms with E-state index in [9.17, 15) is 0 Å². The molecule has 0 aliphatic carbocycles. The predicted molar refractivity (Wildman–Crippen MR) is 56.7 cm³/mol. The molecule has 3 heteroatoms.